The molecule has 2 rings (SSSR count). The number of carbonyl (C=O) groups is 1. The van der Waals surface area contributed by atoms with Crippen molar-refractivity contribution in [3.8, 4) is 0 Å². The van der Waals surface area contributed by atoms with Crippen molar-refractivity contribution in [3.05, 3.63) is 29.3 Å². The molecule has 22 heavy (non-hydrogen) atoms. The lowest BCUT2D eigenvalue weighted by Crippen LogP contribution is -2.43. The Morgan fingerprint density at radius 1 is 1.32 bits per heavy atom. The number of ether oxygens (including phenoxy) is 1. The fourth-order valence-electron chi connectivity index (χ4n) is 2.49. The first-order valence-corrected chi connectivity index (χ1v) is 8.41. The van der Waals surface area contributed by atoms with Gasteiger partial charge in [0.15, 0.2) is 0 Å². The van der Waals surface area contributed by atoms with Crippen LogP contribution >= 0.6 is 0 Å². The highest BCUT2D eigenvalue weighted by Crippen LogP contribution is 2.20. The van der Waals surface area contributed by atoms with E-state index in [9.17, 15) is 13.2 Å². The second-order valence-electron chi connectivity index (χ2n) is 5.33. The number of rotatable bonds is 5. The molecule has 0 aliphatic carbocycles. The van der Waals surface area contributed by atoms with Crippen LogP contribution in [-0.4, -0.2) is 50.1 Å². The van der Waals surface area contributed by atoms with E-state index in [1.165, 1.54) is 16.4 Å². The normalized spacial score (nSPS) is 17.4. The Morgan fingerprint density at radius 3 is 2.50 bits per heavy atom. The van der Waals surface area contributed by atoms with Crippen molar-refractivity contribution < 1.29 is 23.1 Å². The van der Waals surface area contributed by atoms with Crippen LogP contribution in [0.1, 0.15) is 28.8 Å². The number of aryl methyl sites for hydroxylation is 1. The second kappa shape index (κ2) is 6.64. The van der Waals surface area contributed by atoms with Gasteiger partial charge in [0.25, 0.3) is 0 Å². The molecular weight excluding hydrogens is 308 g/mol. The summed E-state index contributed by atoms with van der Waals surface area (Å²) in [7, 11) is -2.07. The molecule has 0 radical (unpaired) electrons. The summed E-state index contributed by atoms with van der Waals surface area (Å²) in [5, 5.41) is 9.04. The molecule has 0 atom stereocenters. The van der Waals surface area contributed by atoms with E-state index in [2.05, 4.69) is 4.72 Å². The Hall–Kier alpha value is -1.64. The molecule has 1 saturated heterocycles. The molecule has 1 aromatic rings. The molecule has 1 aliphatic rings. The Bertz CT molecular complexity index is 651. The average Bonchev–Trinajstić information content (AvgIpc) is 2.46. The van der Waals surface area contributed by atoms with Crippen LogP contribution in [0.15, 0.2) is 18.2 Å². The first kappa shape index (κ1) is 16.7. The van der Waals surface area contributed by atoms with Gasteiger partial charge in [0, 0.05) is 20.2 Å². The summed E-state index contributed by atoms with van der Waals surface area (Å²) in [5.41, 5.74) is 0.984. The third-order valence-corrected chi connectivity index (χ3v) is 5.18. The molecule has 1 heterocycles. The average molecular weight is 328 g/mol. The predicted octanol–water partition coefficient (Wildman–Crippen LogP) is 1.46. The van der Waals surface area contributed by atoms with E-state index >= 15 is 0 Å². The SMILES string of the molecule is COC1CCN(S(=O)(=O)Nc2cc(C)cc(C(=O)O)c2)CC1. The van der Waals surface area contributed by atoms with Gasteiger partial charge in [-0.05, 0) is 43.5 Å². The number of anilines is 1. The topological polar surface area (TPSA) is 95.9 Å². The number of piperidine rings is 1. The number of benzene rings is 1. The van der Waals surface area contributed by atoms with Crippen molar-refractivity contribution >= 4 is 21.9 Å². The van der Waals surface area contributed by atoms with Crippen LogP contribution in [0.25, 0.3) is 0 Å². The number of methoxy groups -OCH3 is 1. The van der Waals surface area contributed by atoms with Gasteiger partial charge >= 0.3 is 16.2 Å². The van der Waals surface area contributed by atoms with Crippen LogP contribution < -0.4 is 4.72 Å². The first-order valence-electron chi connectivity index (χ1n) is 6.97. The van der Waals surface area contributed by atoms with Crippen molar-refractivity contribution in [1.82, 2.24) is 4.31 Å². The molecule has 2 N–H and O–H groups in total. The number of carboxylic acid groups (broad SMARTS) is 1. The van der Waals surface area contributed by atoms with E-state index in [1.54, 1.807) is 20.1 Å². The van der Waals surface area contributed by atoms with E-state index in [4.69, 9.17) is 9.84 Å². The van der Waals surface area contributed by atoms with Crippen molar-refractivity contribution in [1.29, 1.82) is 0 Å². The summed E-state index contributed by atoms with van der Waals surface area (Å²) in [5.74, 6) is -1.09. The number of aromatic carboxylic acids is 1. The van der Waals surface area contributed by atoms with Crippen molar-refractivity contribution in [2.75, 3.05) is 24.9 Å². The minimum absolute atomic E-state index is 0.0517. The van der Waals surface area contributed by atoms with Gasteiger partial charge in [-0.3, -0.25) is 4.72 Å². The zero-order valence-corrected chi connectivity index (χ0v) is 13.4. The number of nitrogens with zero attached hydrogens (tertiary/aromatic N) is 1. The minimum atomic E-state index is -3.69. The molecule has 0 aromatic heterocycles. The van der Waals surface area contributed by atoms with Crippen LogP contribution in [-0.2, 0) is 14.9 Å². The largest absolute Gasteiger partial charge is 0.478 e. The summed E-state index contributed by atoms with van der Waals surface area (Å²) in [6.45, 7) is 2.48. The molecule has 0 spiro atoms. The van der Waals surface area contributed by atoms with Crippen LogP contribution in [0.3, 0.4) is 0 Å². The van der Waals surface area contributed by atoms with E-state index in [0.717, 1.165) is 0 Å². The molecular formula is C14H20N2O5S. The van der Waals surface area contributed by atoms with Gasteiger partial charge in [-0.25, -0.2) is 4.79 Å². The molecule has 0 unspecified atom stereocenters. The van der Waals surface area contributed by atoms with Crippen LogP contribution in [0.5, 0.6) is 0 Å². The minimum Gasteiger partial charge on any atom is -0.478 e. The third kappa shape index (κ3) is 3.96. The third-order valence-electron chi connectivity index (χ3n) is 3.65. The van der Waals surface area contributed by atoms with Gasteiger partial charge in [0.2, 0.25) is 0 Å². The zero-order chi connectivity index (χ0) is 16.3. The quantitative estimate of drug-likeness (QED) is 0.853. The lowest BCUT2D eigenvalue weighted by atomic mass is 10.1. The molecule has 1 fully saturated rings. The van der Waals surface area contributed by atoms with Crippen molar-refractivity contribution in [2.24, 2.45) is 0 Å². The lowest BCUT2D eigenvalue weighted by Gasteiger charge is -2.30. The number of hydrogen-bond acceptors (Lipinski definition) is 4. The fourth-order valence-corrected chi connectivity index (χ4v) is 3.72. The Balaban J connectivity index is 2.14. The highest BCUT2D eigenvalue weighted by atomic mass is 32.2. The molecule has 1 aliphatic heterocycles. The first-order chi connectivity index (χ1) is 10.3. The van der Waals surface area contributed by atoms with Crippen LogP contribution in [0.4, 0.5) is 5.69 Å². The van der Waals surface area contributed by atoms with E-state index in [-0.39, 0.29) is 17.4 Å². The molecule has 0 amide bonds. The molecule has 0 saturated carbocycles. The van der Waals surface area contributed by atoms with Gasteiger partial charge in [-0.2, -0.15) is 12.7 Å². The zero-order valence-electron chi connectivity index (χ0n) is 12.6. The van der Waals surface area contributed by atoms with Crippen molar-refractivity contribution in [2.45, 2.75) is 25.9 Å². The predicted molar refractivity (Wildman–Crippen MR) is 82.3 cm³/mol. The molecule has 1 aromatic carbocycles. The van der Waals surface area contributed by atoms with Gasteiger partial charge in [0.05, 0.1) is 17.4 Å². The van der Waals surface area contributed by atoms with Crippen LogP contribution in [0, 0.1) is 6.92 Å². The highest BCUT2D eigenvalue weighted by Gasteiger charge is 2.28. The summed E-state index contributed by atoms with van der Waals surface area (Å²) in [6, 6.07) is 4.41. The highest BCUT2D eigenvalue weighted by molar-refractivity contribution is 7.90. The smallest absolute Gasteiger partial charge is 0.335 e. The lowest BCUT2D eigenvalue weighted by molar-refractivity contribution is 0.0605. The van der Waals surface area contributed by atoms with Crippen molar-refractivity contribution in [3.63, 3.8) is 0 Å². The molecule has 7 nitrogen and oxygen atoms in total. The Labute approximate surface area is 130 Å². The maximum absolute atomic E-state index is 12.4. The monoisotopic (exact) mass is 328 g/mol. The summed E-state index contributed by atoms with van der Waals surface area (Å²) < 4.78 is 33.8. The number of hydrogen-bond donors (Lipinski definition) is 2. The maximum atomic E-state index is 12.4. The fraction of sp³-hybridized carbons (Fsp3) is 0.500. The van der Waals surface area contributed by atoms with Gasteiger partial charge in [-0.1, -0.05) is 0 Å². The second-order valence-corrected chi connectivity index (χ2v) is 7.00. The van der Waals surface area contributed by atoms with Gasteiger partial charge < -0.3 is 9.84 Å². The van der Waals surface area contributed by atoms with E-state index < -0.39 is 16.2 Å². The Morgan fingerprint density at radius 2 is 1.95 bits per heavy atom. The summed E-state index contributed by atoms with van der Waals surface area (Å²) in [6.07, 6.45) is 1.38. The van der Waals surface area contributed by atoms with E-state index in [1.807, 2.05) is 0 Å². The van der Waals surface area contributed by atoms with Crippen LogP contribution in [0.2, 0.25) is 0 Å². The molecule has 8 heteroatoms. The summed E-state index contributed by atoms with van der Waals surface area (Å²) in [4.78, 5) is 11.0. The molecule has 0 bridgehead atoms. The molecule has 122 valence electrons. The maximum Gasteiger partial charge on any atom is 0.335 e. The van der Waals surface area contributed by atoms with Gasteiger partial charge in [-0.15, -0.1) is 0 Å². The number of nitrogens with one attached hydrogen (secondary N) is 1. The van der Waals surface area contributed by atoms with E-state index in [0.29, 0.717) is 31.5 Å². The number of carboxylic acids is 1. The Kier molecular flexibility index (Phi) is 5.05. The van der Waals surface area contributed by atoms with Gasteiger partial charge in [0.1, 0.15) is 0 Å². The summed E-state index contributed by atoms with van der Waals surface area (Å²) >= 11 is 0. The standard InChI is InChI=1S/C14H20N2O5S/c1-10-7-11(14(17)18)9-12(8-10)15-22(19,20)16-5-3-13(21-2)4-6-16/h7-9,13,15H,3-6H2,1-2H3,(H,17,18).